The van der Waals surface area contributed by atoms with Gasteiger partial charge < -0.3 is 9.84 Å². The molecule has 0 spiro atoms. The number of ether oxygens (including phenoxy) is 1. The summed E-state index contributed by atoms with van der Waals surface area (Å²) in [7, 11) is 1.59. The second-order valence-electron chi connectivity index (χ2n) is 6.32. The van der Waals surface area contributed by atoms with Crippen LogP contribution < -0.4 is 4.74 Å². The Morgan fingerprint density at radius 1 is 0.929 bits per heavy atom. The van der Waals surface area contributed by atoms with Gasteiger partial charge in [0.25, 0.3) is 0 Å². The number of nitrogens with zero attached hydrogens (tertiary/aromatic N) is 3. The lowest BCUT2D eigenvalue weighted by Gasteiger charge is -2.16. The molecule has 0 saturated heterocycles. The van der Waals surface area contributed by atoms with Gasteiger partial charge in [-0.1, -0.05) is 42.5 Å². The van der Waals surface area contributed by atoms with E-state index >= 15 is 0 Å². The van der Waals surface area contributed by atoms with Crippen molar-refractivity contribution in [2.45, 2.75) is 6.10 Å². The average molecular weight is 367 g/mol. The summed E-state index contributed by atoms with van der Waals surface area (Å²) in [6, 6.07) is 24.1. The van der Waals surface area contributed by atoms with Crippen LogP contribution in [-0.4, -0.2) is 22.2 Å². The first-order valence-electron chi connectivity index (χ1n) is 8.79. The largest absolute Gasteiger partial charge is 0.497 e. The molecule has 0 aliphatic heterocycles. The van der Waals surface area contributed by atoms with Crippen LogP contribution >= 0.6 is 0 Å². The Hall–Kier alpha value is -3.75. The van der Waals surface area contributed by atoms with Crippen molar-refractivity contribution in [2.24, 2.45) is 0 Å². The first kappa shape index (κ1) is 17.7. The molecule has 0 aliphatic rings. The quantitative estimate of drug-likeness (QED) is 0.583. The second-order valence-corrected chi connectivity index (χ2v) is 6.32. The number of hydrogen-bond donors (Lipinski definition) is 1. The molecule has 1 atom stereocenters. The van der Waals surface area contributed by atoms with Gasteiger partial charge in [0, 0.05) is 11.6 Å². The van der Waals surface area contributed by atoms with Gasteiger partial charge in [-0.25, -0.2) is 9.97 Å². The minimum Gasteiger partial charge on any atom is -0.497 e. The molecule has 4 aromatic rings. The molecule has 28 heavy (non-hydrogen) atoms. The SMILES string of the molecule is COc1ccc2nc(-c3ccccc3)c(C(O)c3cccc(C#N)c3)nc2c1. The van der Waals surface area contributed by atoms with Gasteiger partial charge in [0.1, 0.15) is 17.5 Å². The van der Waals surface area contributed by atoms with E-state index in [9.17, 15) is 10.4 Å². The van der Waals surface area contributed by atoms with Crippen molar-refractivity contribution in [3.63, 3.8) is 0 Å². The zero-order valence-corrected chi connectivity index (χ0v) is 15.2. The van der Waals surface area contributed by atoms with Crippen LogP contribution in [0.15, 0.2) is 72.8 Å². The molecule has 0 radical (unpaired) electrons. The highest BCUT2D eigenvalue weighted by atomic mass is 16.5. The molecule has 1 heterocycles. The first-order valence-corrected chi connectivity index (χ1v) is 8.79. The standard InChI is InChI=1S/C23H17N3O2/c1-28-18-10-11-19-20(13-18)26-22(21(25-19)16-7-3-2-4-8-16)23(27)17-9-5-6-15(12-17)14-24/h2-13,23,27H,1H3. The zero-order chi connectivity index (χ0) is 19.5. The highest BCUT2D eigenvalue weighted by molar-refractivity contribution is 5.80. The van der Waals surface area contributed by atoms with Crippen LogP contribution in [-0.2, 0) is 0 Å². The van der Waals surface area contributed by atoms with E-state index in [4.69, 9.17) is 14.7 Å². The molecule has 1 unspecified atom stereocenters. The topological polar surface area (TPSA) is 79.0 Å². The van der Waals surface area contributed by atoms with Crippen LogP contribution in [0.25, 0.3) is 22.3 Å². The molecule has 5 heteroatoms. The van der Waals surface area contributed by atoms with Gasteiger partial charge in [0.15, 0.2) is 0 Å². The maximum Gasteiger partial charge on any atom is 0.123 e. The smallest absolute Gasteiger partial charge is 0.123 e. The van der Waals surface area contributed by atoms with E-state index in [-0.39, 0.29) is 0 Å². The Kier molecular flexibility index (Phi) is 4.71. The molecule has 0 fully saturated rings. The van der Waals surface area contributed by atoms with Crippen LogP contribution in [0.2, 0.25) is 0 Å². The van der Waals surface area contributed by atoms with Crippen LogP contribution in [0, 0.1) is 11.3 Å². The second kappa shape index (κ2) is 7.47. The fourth-order valence-electron chi connectivity index (χ4n) is 3.11. The molecule has 1 N–H and O–H groups in total. The molecular formula is C23H17N3O2. The Morgan fingerprint density at radius 3 is 2.50 bits per heavy atom. The highest BCUT2D eigenvalue weighted by Crippen LogP contribution is 2.32. The van der Waals surface area contributed by atoms with Gasteiger partial charge in [-0.05, 0) is 29.8 Å². The van der Waals surface area contributed by atoms with E-state index in [1.165, 1.54) is 0 Å². The van der Waals surface area contributed by atoms with Crippen molar-refractivity contribution in [3.05, 3.63) is 89.6 Å². The number of rotatable bonds is 4. The number of methoxy groups -OCH3 is 1. The maximum absolute atomic E-state index is 11.1. The van der Waals surface area contributed by atoms with Crippen molar-refractivity contribution in [1.29, 1.82) is 5.26 Å². The molecular weight excluding hydrogens is 350 g/mol. The molecule has 0 amide bonds. The highest BCUT2D eigenvalue weighted by Gasteiger charge is 2.20. The van der Waals surface area contributed by atoms with Gasteiger partial charge in [0.05, 0.1) is 35.5 Å². The Labute approximate surface area is 162 Å². The molecule has 1 aromatic heterocycles. The Balaban J connectivity index is 1.94. The summed E-state index contributed by atoms with van der Waals surface area (Å²) in [6.45, 7) is 0. The summed E-state index contributed by atoms with van der Waals surface area (Å²) in [4.78, 5) is 9.48. The van der Waals surface area contributed by atoms with Gasteiger partial charge in [-0.3, -0.25) is 0 Å². The van der Waals surface area contributed by atoms with Gasteiger partial charge in [-0.2, -0.15) is 5.26 Å². The third kappa shape index (κ3) is 3.29. The van der Waals surface area contributed by atoms with E-state index in [1.807, 2.05) is 42.5 Å². The van der Waals surface area contributed by atoms with Crippen molar-refractivity contribution in [2.75, 3.05) is 7.11 Å². The molecule has 136 valence electrons. The number of aliphatic hydroxyl groups is 1. The minimum atomic E-state index is -1.02. The van der Waals surface area contributed by atoms with Crippen LogP contribution in [0.5, 0.6) is 5.75 Å². The van der Waals surface area contributed by atoms with Crippen molar-refractivity contribution in [3.8, 4) is 23.1 Å². The maximum atomic E-state index is 11.1. The number of fused-ring (bicyclic) bond motifs is 1. The number of benzene rings is 3. The first-order chi connectivity index (χ1) is 13.7. The van der Waals surface area contributed by atoms with Crippen LogP contribution in [0.4, 0.5) is 0 Å². The molecule has 0 bridgehead atoms. The molecule has 3 aromatic carbocycles. The predicted octanol–water partition coefficient (Wildman–Crippen LogP) is 4.26. The normalized spacial score (nSPS) is 11.8. The van der Waals surface area contributed by atoms with Crippen molar-refractivity contribution in [1.82, 2.24) is 9.97 Å². The van der Waals surface area contributed by atoms with Crippen LogP contribution in [0.1, 0.15) is 22.9 Å². The minimum absolute atomic E-state index is 0.432. The molecule has 4 rings (SSSR count). The molecule has 0 saturated carbocycles. The van der Waals surface area contributed by atoms with Gasteiger partial charge in [0.2, 0.25) is 0 Å². The van der Waals surface area contributed by atoms with Gasteiger partial charge >= 0.3 is 0 Å². The summed E-state index contributed by atoms with van der Waals surface area (Å²) in [5.41, 5.74) is 4.31. The fraction of sp³-hybridized carbons (Fsp3) is 0.0870. The summed E-state index contributed by atoms with van der Waals surface area (Å²) in [5.74, 6) is 0.668. The summed E-state index contributed by atoms with van der Waals surface area (Å²) < 4.78 is 5.29. The average Bonchev–Trinajstić information content (AvgIpc) is 2.77. The summed E-state index contributed by atoms with van der Waals surface area (Å²) in [6.07, 6.45) is -1.02. The lowest BCUT2D eigenvalue weighted by molar-refractivity contribution is 0.216. The van der Waals surface area contributed by atoms with Crippen LogP contribution in [0.3, 0.4) is 0 Å². The van der Waals surface area contributed by atoms with Gasteiger partial charge in [-0.15, -0.1) is 0 Å². The van der Waals surface area contributed by atoms with E-state index in [0.29, 0.717) is 39.3 Å². The monoisotopic (exact) mass is 367 g/mol. The number of aliphatic hydroxyl groups excluding tert-OH is 1. The molecule has 0 aliphatic carbocycles. The molecule has 5 nitrogen and oxygen atoms in total. The lowest BCUT2D eigenvalue weighted by atomic mass is 9.99. The Morgan fingerprint density at radius 2 is 1.75 bits per heavy atom. The summed E-state index contributed by atoms with van der Waals surface area (Å²) in [5, 5.41) is 20.3. The van der Waals surface area contributed by atoms with E-state index < -0.39 is 6.10 Å². The Bertz CT molecular complexity index is 1180. The third-order valence-electron chi connectivity index (χ3n) is 4.54. The van der Waals surface area contributed by atoms with E-state index in [0.717, 1.165) is 5.56 Å². The fourth-order valence-corrected chi connectivity index (χ4v) is 3.11. The zero-order valence-electron chi connectivity index (χ0n) is 15.2. The van der Waals surface area contributed by atoms with E-state index in [1.54, 1.807) is 37.4 Å². The lowest BCUT2D eigenvalue weighted by Crippen LogP contribution is -2.07. The number of nitriles is 1. The summed E-state index contributed by atoms with van der Waals surface area (Å²) >= 11 is 0. The number of aromatic nitrogens is 2. The number of hydrogen-bond acceptors (Lipinski definition) is 5. The van der Waals surface area contributed by atoms with E-state index in [2.05, 4.69) is 6.07 Å². The van der Waals surface area contributed by atoms with Crippen molar-refractivity contribution >= 4 is 11.0 Å². The third-order valence-corrected chi connectivity index (χ3v) is 4.54. The van der Waals surface area contributed by atoms with Crippen molar-refractivity contribution < 1.29 is 9.84 Å². The predicted molar refractivity (Wildman–Crippen MR) is 107 cm³/mol.